The van der Waals surface area contributed by atoms with Crippen LogP contribution in [0.25, 0.3) is 0 Å². The first-order valence-corrected chi connectivity index (χ1v) is 7.48. The lowest BCUT2D eigenvalue weighted by Crippen LogP contribution is -2.56. The fraction of sp³-hybridized carbons (Fsp3) is 0.643. The Morgan fingerprint density at radius 2 is 2.22 bits per heavy atom. The van der Waals surface area contributed by atoms with Gasteiger partial charge in [-0.05, 0) is 35.7 Å². The Balaban J connectivity index is 2.07. The summed E-state index contributed by atoms with van der Waals surface area (Å²) in [5.74, 6) is 0.324. The minimum Gasteiger partial charge on any atom is -0.379 e. The number of thiophene rings is 1. The predicted molar refractivity (Wildman–Crippen MR) is 74.1 cm³/mol. The van der Waals surface area contributed by atoms with Crippen LogP contribution >= 0.6 is 11.3 Å². The van der Waals surface area contributed by atoms with Crippen LogP contribution in [0.3, 0.4) is 0 Å². The van der Waals surface area contributed by atoms with E-state index in [-0.39, 0.29) is 5.54 Å². The minimum absolute atomic E-state index is 0.324. The smallest absolute Gasteiger partial charge is 0.157 e. The van der Waals surface area contributed by atoms with Crippen molar-refractivity contribution in [3.05, 3.63) is 22.4 Å². The van der Waals surface area contributed by atoms with Gasteiger partial charge in [0.2, 0.25) is 0 Å². The van der Waals surface area contributed by atoms with E-state index in [0.717, 1.165) is 38.3 Å². The molecule has 0 radical (unpaired) electrons. The number of nitrogens with zero attached hydrogens (tertiary/aromatic N) is 1. The molecule has 0 amide bonds. The number of Topliss-reactive ketones (excluding diaryl/α,β-unsaturated/α-hetero) is 1. The second-order valence-corrected chi connectivity index (χ2v) is 5.74. The maximum atomic E-state index is 12.6. The summed E-state index contributed by atoms with van der Waals surface area (Å²) in [7, 11) is 0. The summed E-state index contributed by atoms with van der Waals surface area (Å²) < 4.78 is 5.37. The van der Waals surface area contributed by atoms with Crippen molar-refractivity contribution in [3.63, 3.8) is 0 Å². The fourth-order valence-electron chi connectivity index (χ4n) is 2.42. The Kier molecular flexibility index (Phi) is 4.54. The lowest BCUT2D eigenvalue weighted by Gasteiger charge is -2.41. The van der Waals surface area contributed by atoms with E-state index in [9.17, 15) is 4.79 Å². The Hall–Kier alpha value is -0.710. The zero-order chi connectivity index (χ0) is 13.0. The van der Waals surface area contributed by atoms with E-state index < -0.39 is 0 Å². The first kappa shape index (κ1) is 13.7. The van der Waals surface area contributed by atoms with Gasteiger partial charge in [-0.2, -0.15) is 11.3 Å². The highest BCUT2D eigenvalue weighted by molar-refractivity contribution is 7.08. The Morgan fingerprint density at radius 1 is 1.50 bits per heavy atom. The largest absolute Gasteiger partial charge is 0.379 e. The van der Waals surface area contributed by atoms with Crippen LogP contribution in [0.15, 0.2) is 16.8 Å². The van der Waals surface area contributed by atoms with Crippen LogP contribution in [0.4, 0.5) is 0 Å². The summed E-state index contributed by atoms with van der Waals surface area (Å²) in [6.07, 6.45) is 1.40. The van der Waals surface area contributed by atoms with Crippen LogP contribution in [0.5, 0.6) is 0 Å². The molecule has 18 heavy (non-hydrogen) atoms. The molecule has 0 bridgehead atoms. The number of ether oxygens (including phenoxy) is 1. The molecular formula is C14H21NO2S. The van der Waals surface area contributed by atoms with Crippen molar-refractivity contribution in [3.8, 4) is 0 Å². The molecule has 1 aliphatic heterocycles. The Bertz CT molecular complexity index is 385. The molecule has 1 unspecified atom stereocenters. The minimum atomic E-state index is -0.342. The molecule has 1 atom stereocenters. The van der Waals surface area contributed by atoms with Gasteiger partial charge in [-0.15, -0.1) is 0 Å². The van der Waals surface area contributed by atoms with E-state index in [1.165, 1.54) is 0 Å². The number of carbonyl (C=O) groups is 1. The van der Waals surface area contributed by atoms with Crippen molar-refractivity contribution in [1.29, 1.82) is 0 Å². The summed E-state index contributed by atoms with van der Waals surface area (Å²) in [6.45, 7) is 7.37. The summed E-state index contributed by atoms with van der Waals surface area (Å²) in [4.78, 5) is 14.9. The van der Waals surface area contributed by atoms with Crippen molar-refractivity contribution in [2.75, 3.05) is 26.3 Å². The fourth-order valence-corrected chi connectivity index (χ4v) is 3.09. The monoisotopic (exact) mass is 267 g/mol. The molecule has 0 aliphatic carbocycles. The lowest BCUT2D eigenvalue weighted by molar-refractivity contribution is -0.133. The highest BCUT2D eigenvalue weighted by Gasteiger charge is 2.37. The van der Waals surface area contributed by atoms with Gasteiger partial charge in [-0.3, -0.25) is 9.69 Å². The maximum Gasteiger partial charge on any atom is 0.157 e. The van der Waals surface area contributed by atoms with Crippen LogP contribution in [-0.2, 0) is 16.0 Å². The molecule has 3 nitrogen and oxygen atoms in total. The van der Waals surface area contributed by atoms with Crippen molar-refractivity contribution in [2.24, 2.45) is 0 Å². The van der Waals surface area contributed by atoms with Gasteiger partial charge in [-0.25, -0.2) is 0 Å². The van der Waals surface area contributed by atoms with Gasteiger partial charge in [-0.1, -0.05) is 6.92 Å². The van der Waals surface area contributed by atoms with Gasteiger partial charge < -0.3 is 4.74 Å². The van der Waals surface area contributed by atoms with E-state index in [1.807, 2.05) is 11.4 Å². The molecule has 1 fully saturated rings. The van der Waals surface area contributed by atoms with E-state index in [2.05, 4.69) is 24.1 Å². The topological polar surface area (TPSA) is 29.5 Å². The molecule has 1 aromatic rings. The quantitative estimate of drug-likeness (QED) is 0.820. The van der Waals surface area contributed by atoms with Gasteiger partial charge in [0.1, 0.15) is 0 Å². The molecule has 0 N–H and O–H groups in total. The van der Waals surface area contributed by atoms with Crippen molar-refractivity contribution >= 4 is 17.1 Å². The molecular weight excluding hydrogens is 246 g/mol. The highest BCUT2D eigenvalue weighted by atomic mass is 32.1. The summed E-state index contributed by atoms with van der Waals surface area (Å²) >= 11 is 1.65. The van der Waals surface area contributed by atoms with Crippen LogP contribution in [0.2, 0.25) is 0 Å². The molecule has 4 heteroatoms. The van der Waals surface area contributed by atoms with Crippen molar-refractivity contribution in [2.45, 2.75) is 32.2 Å². The zero-order valence-corrected chi connectivity index (χ0v) is 12.0. The first-order valence-electron chi connectivity index (χ1n) is 6.54. The molecule has 2 rings (SSSR count). The highest BCUT2D eigenvalue weighted by Crippen LogP contribution is 2.24. The van der Waals surface area contributed by atoms with E-state index in [0.29, 0.717) is 12.2 Å². The second-order valence-electron chi connectivity index (χ2n) is 4.96. The molecule has 1 saturated heterocycles. The van der Waals surface area contributed by atoms with E-state index >= 15 is 0 Å². The average molecular weight is 267 g/mol. The van der Waals surface area contributed by atoms with Gasteiger partial charge in [0.15, 0.2) is 5.78 Å². The third kappa shape index (κ3) is 2.82. The Labute approximate surface area is 113 Å². The van der Waals surface area contributed by atoms with Crippen molar-refractivity contribution < 1.29 is 9.53 Å². The van der Waals surface area contributed by atoms with E-state index in [4.69, 9.17) is 4.74 Å². The number of carbonyl (C=O) groups excluding carboxylic acids is 1. The second kappa shape index (κ2) is 5.95. The SMILES string of the molecule is CCC(C)(C(=O)Cc1ccsc1)N1CCOCC1. The molecule has 1 aliphatic rings. The van der Waals surface area contributed by atoms with Crippen LogP contribution in [-0.4, -0.2) is 42.5 Å². The van der Waals surface area contributed by atoms with Gasteiger partial charge >= 0.3 is 0 Å². The summed E-state index contributed by atoms with van der Waals surface area (Å²) in [5, 5.41) is 4.09. The molecule has 1 aromatic heterocycles. The van der Waals surface area contributed by atoms with Gasteiger partial charge in [0.25, 0.3) is 0 Å². The van der Waals surface area contributed by atoms with Crippen LogP contribution in [0, 0.1) is 0 Å². The van der Waals surface area contributed by atoms with Crippen LogP contribution < -0.4 is 0 Å². The third-order valence-electron chi connectivity index (χ3n) is 3.94. The lowest BCUT2D eigenvalue weighted by atomic mass is 9.87. The number of hydrogen-bond acceptors (Lipinski definition) is 4. The zero-order valence-electron chi connectivity index (χ0n) is 11.1. The average Bonchev–Trinajstić information content (AvgIpc) is 2.91. The van der Waals surface area contributed by atoms with Gasteiger partial charge in [0.05, 0.1) is 18.8 Å². The van der Waals surface area contributed by atoms with E-state index in [1.54, 1.807) is 11.3 Å². The van der Waals surface area contributed by atoms with Crippen molar-refractivity contribution in [1.82, 2.24) is 4.90 Å². The molecule has 0 saturated carbocycles. The number of hydrogen-bond donors (Lipinski definition) is 0. The van der Waals surface area contributed by atoms with Crippen LogP contribution in [0.1, 0.15) is 25.8 Å². The molecule has 0 spiro atoms. The Morgan fingerprint density at radius 3 is 2.78 bits per heavy atom. The van der Waals surface area contributed by atoms with Gasteiger partial charge in [0, 0.05) is 19.5 Å². The normalized spacial score (nSPS) is 20.6. The first-order chi connectivity index (χ1) is 8.66. The summed E-state index contributed by atoms with van der Waals surface area (Å²) in [6, 6.07) is 2.04. The molecule has 2 heterocycles. The molecule has 0 aromatic carbocycles. The maximum absolute atomic E-state index is 12.6. The summed E-state index contributed by atoms with van der Waals surface area (Å²) in [5.41, 5.74) is 0.795. The standard InChI is InChI=1S/C14H21NO2S/c1-3-14(2,15-5-7-17-8-6-15)13(16)10-12-4-9-18-11-12/h4,9,11H,3,5-8,10H2,1-2H3. The number of rotatable bonds is 5. The predicted octanol–water partition coefficient (Wildman–Crippen LogP) is 2.36. The number of ketones is 1. The number of morpholine rings is 1. The third-order valence-corrected chi connectivity index (χ3v) is 4.68. The molecule has 100 valence electrons.